The van der Waals surface area contributed by atoms with Gasteiger partial charge >= 0.3 is 0 Å². The number of rotatable bonds is 3. The minimum atomic E-state index is -0.223. The van der Waals surface area contributed by atoms with E-state index >= 15 is 0 Å². The van der Waals surface area contributed by atoms with Gasteiger partial charge in [0.25, 0.3) is 0 Å². The smallest absolute Gasteiger partial charge is 0.230 e. The van der Waals surface area contributed by atoms with Gasteiger partial charge in [-0.25, -0.2) is 0 Å². The Morgan fingerprint density at radius 2 is 1.94 bits per heavy atom. The Balaban J connectivity index is 2.09. The Morgan fingerprint density at radius 1 is 1.22 bits per heavy atom. The topological polar surface area (TPSA) is 57.8 Å². The Hall–Kier alpha value is -1.23. The summed E-state index contributed by atoms with van der Waals surface area (Å²) in [4.78, 5) is 11.7. The van der Waals surface area contributed by atoms with Crippen LogP contribution in [0.5, 0.6) is 0 Å². The summed E-state index contributed by atoms with van der Waals surface area (Å²) >= 11 is 17.6. The van der Waals surface area contributed by atoms with Gasteiger partial charge in [0.15, 0.2) is 0 Å². The number of hydrogen-bond donors (Lipinski definition) is 2. The molecule has 0 radical (unpaired) electrons. The van der Waals surface area contributed by atoms with Crippen LogP contribution in [0.15, 0.2) is 24.4 Å². The molecule has 0 aliphatic carbocycles. The van der Waals surface area contributed by atoms with E-state index in [-0.39, 0.29) is 12.3 Å². The second-order valence-electron chi connectivity index (χ2n) is 3.55. The Bertz CT molecular complexity index is 569. The van der Waals surface area contributed by atoms with Crippen LogP contribution in [0.25, 0.3) is 0 Å². The van der Waals surface area contributed by atoms with Crippen molar-refractivity contribution in [2.24, 2.45) is 0 Å². The number of hydrogen-bond acceptors (Lipinski definition) is 2. The molecule has 0 saturated heterocycles. The van der Waals surface area contributed by atoms with Crippen molar-refractivity contribution in [2.75, 3.05) is 5.32 Å². The van der Waals surface area contributed by atoms with Crippen LogP contribution in [-0.4, -0.2) is 16.1 Å². The fourth-order valence-corrected chi connectivity index (χ4v) is 1.96. The molecular weight excluding hydrogens is 296 g/mol. The number of anilines is 1. The third-order valence-electron chi connectivity index (χ3n) is 2.19. The molecule has 1 aromatic carbocycles. The molecular formula is C11H8Cl3N3O. The van der Waals surface area contributed by atoms with E-state index in [0.717, 1.165) is 0 Å². The maximum Gasteiger partial charge on any atom is 0.230 e. The number of carbonyl (C=O) groups excluding carboxylic acids is 1. The molecule has 4 nitrogen and oxygen atoms in total. The molecule has 0 aliphatic rings. The third-order valence-corrected chi connectivity index (χ3v) is 3.23. The van der Waals surface area contributed by atoms with Gasteiger partial charge in [-0.05, 0) is 18.2 Å². The van der Waals surface area contributed by atoms with Gasteiger partial charge in [0.05, 0.1) is 27.2 Å². The summed E-state index contributed by atoms with van der Waals surface area (Å²) in [7, 11) is 0. The maximum absolute atomic E-state index is 11.7. The van der Waals surface area contributed by atoms with Gasteiger partial charge in [-0.2, -0.15) is 5.10 Å². The lowest BCUT2D eigenvalue weighted by Gasteiger charge is -2.08. The van der Waals surface area contributed by atoms with Gasteiger partial charge in [-0.3, -0.25) is 9.89 Å². The number of H-pyrrole nitrogens is 1. The number of aromatic nitrogens is 2. The molecule has 0 bridgehead atoms. The van der Waals surface area contributed by atoms with Gasteiger partial charge in [-0.1, -0.05) is 34.8 Å². The van der Waals surface area contributed by atoms with Crippen molar-refractivity contribution in [3.8, 4) is 0 Å². The highest BCUT2D eigenvalue weighted by molar-refractivity contribution is 6.44. The standard InChI is InChI=1S/C11H8Cl3N3O/c12-7-4-9(14)10(5-8(7)13)16-11(18)3-6-1-2-15-17-6/h1-2,4-5H,3H2,(H,15,17)(H,16,18). The van der Waals surface area contributed by atoms with Crippen molar-refractivity contribution in [1.29, 1.82) is 0 Å². The first-order valence-electron chi connectivity index (χ1n) is 4.99. The first-order chi connectivity index (χ1) is 8.56. The highest BCUT2D eigenvalue weighted by Gasteiger charge is 2.10. The Labute approximate surface area is 118 Å². The van der Waals surface area contributed by atoms with E-state index in [1.807, 2.05) is 0 Å². The van der Waals surface area contributed by atoms with E-state index < -0.39 is 0 Å². The van der Waals surface area contributed by atoms with Crippen LogP contribution in [0.4, 0.5) is 5.69 Å². The monoisotopic (exact) mass is 303 g/mol. The summed E-state index contributed by atoms with van der Waals surface area (Å²) in [5.41, 5.74) is 1.14. The molecule has 2 aromatic rings. The summed E-state index contributed by atoms with van der Waals surface area (Å²) in [6.07, 6.45) is 1.76. The van der Waals surface area contributed by atoms with E-state index in [4.69, 9.17) is 34.8 Å². The van der Waals surface area contributed by atoms with Gasteiger partial charge < -0.3 is 5.32 Å². The van der Waals surface area contributed by atoms with Gasteiger partial charge in [0.1, 0.15) is 0 Å². The van der Waals surface area contributed by atoms with Crippen molar-refractivity contribution < 1.29 is 4.79 Å². The van der Waals surface area contributed by atoms with Crippen LogP contribution < -0.4 is 5.32 Å². The highest BCUT2D eigenvalue weighted by Crippen LogP contribution is 2.32. The average molecular weight is 305 g/mol. The number of benzene rings is 1. The van der Waals surface area contributed by atoms with Crippen LogP contribution in [0.1, 0.15) is 5.69 Å². The van der Waals surface area contributed by atoms with Crippen LogP contribution in [-0.2, 0) is 11.2 Å². The van der Waals surface area contributed by atoms with E-state index in [9.17, 15) is 4.79 Å². The first-order valence-corrected chi connectivity index (χ1v) is 6.12. The van der Waals surface area contributed by atoms with Gasteiger partial charge in [0.2, 0.25) is 5.91 Å². The molecule has 0 spiro atoms. The van der Waals surface area contributed by atoms with E-state index in [2.05, 4.69) is 15.5 Å². The van der Waals surface area contributed by atoms with Crippen molar-refractivity contribution >= 4 is 46.4 Å². The number of halogens is 3. The maximum atomic E-state index is 11.7. The minimum absolute atomic E-state index is 0.177. The van der Waals surface area contributed by atoms with Crippen molar-refractivity contribution in [2.45, 2.75) is 6.42 Å². The molecule has 0 fully saturated rings. The van der Waals surface area contributed by atoms with E-state index in [0.29, 0.717) is 26.4 Å². The fourth-order valence-electron chi connectivity index (χ4n) is 1.37. The predicted molar refractivity (Wildman–Crippen MR) is 72.4 cm³/mol. The summed E-state index contributed by atoms with van der Waals surface area (Å²) in [5, 5.41) is 10.1. The van der Waals surface area contributed by atoms with Crippen LogP contribution in [0.3, 0.4) is 0 Å². The zero-order chi connectivity index (χ0) is 13.1. The van der Waals surface area contributed by atoms with Gasteiger partial charge in [-0.15, -0.1) is 0 Å². The third kappa shape index (κ3) is 3.16. The lowest BCUT2D eigenvalue weighted by atomic mass is 10.2. The highest BCUT2D eigenvalue weighted by atomic mass is 35.5. The molecule has 2 N–H and O–H groups in total. The summed E-state index contributed by atoms with van der Waals surface area (Å²) in [6.45, 7) is 0. The Morgan fingerprint density at radius 3 is 2.61 bits per heavy atom. The summed E-state index contributed by atoms with van der Waals surface area (Å²) in [5.74, 6) is -0.223. The quantitative estimate of drug-likeness (QED) is 0.852. The molecule has 0 aliphatic heterocycles. The molecule has 0 atom stereocenters. The summed E-state index contributed by atoms with van der Waals surface area (Å²) in [6, 6.07) is 4.71. The first kappa shape index (κ1) is 13.2. The Kier molecular flexibility index (Phi) is 4.11. The zero-order valence-corrected chi connectivity index (χ0v) is 11.3. The molecule has 0 saturated carbocycles. The molecule has 7 heteroatoms. The van der Waals surface area contributed by atoms with Gasteiger partial charge in [0, 0.05) is 11.9 Å². The van der Waals surface area contributed by atoms with Crippen LogP contribution in [0, 0.1) is 0 Å². The molecule has 0 unspecified atom stereocenters. The molecule has 1 heterocycles. The largest absolute Gasteiger partial charge is 0.324 e. The zero-order valence-electron chi connectivity index (χ0n) is 9.01. The van der Waals surface area contributed by atoms with Crippen LogP contribution in [0.2, 0.25) is 15.1 Å². The van der Waals surface area contributed by atoms with Crippen LogP contribution >= 0.6 is 34.8 Å². The molecule has 18 heavy (non-hydrogen) atoms. The minimum Gasteiger partial charge on any atom is -0.324 e. The predicted octanol–water partition coefficient (Wildman–Crippen LogP) is 3.55. The molecule has 1 aromatic heterocycles. The fraction of sp³-hybridized carbons (Fsp3) is 0.0909. The normalized spacial score (nSPS) is 10.4. The van der Waals surface area contributed by atoms with Crippen molar-refractivity contribution in [3.63, 3.8) is 0 Å². The average Bonchev–Trinajstić information content (AvgIpc) is 2.78. The second kappa shape index (κ2) is 5.61. The van der Waals surface area contributed by atoms with E-state index in [1.165, 1.54) is 12.1 Å². The number of aromatic amines is 1. The van der Waals surface area contributed by atoms with Crippen molar-refractivity contribution in [3.05, 3.63) is 45.2 Å². The van der Waals surface area contributed by atoms with Crippen molar-refractivity contribution in [1.82, 2.24) is 10.2 Å². The SMILES string of the molecule is O=C(Cc1ccn[nH]1)Nc1cc(Cl)c(Cl)cc1Cl. The molecule has 1 amide bonds. The number of nitrogens with one attached hydrogen (secondary N) is 2. The molecule has 94 valence electrons. The number of carbonyl (C=O) groups is 1. The number of amides is 1. The molecule has 2 rings (SSSR count). The lowest BCUT2D eigenvalue weighted by Crippen LogP contribution is -2.15. The number of nitrogens with zero attached hydrogens (tertiary/aromatic N) is 1. The van der Waals surface area contributed by atoms with E-state index in [1.54, 1.807) is 12.3 Å². The summed E-state index contributed by atoms with van der Waals surface area (Å²) < 4.78 is 0. The lowest BCUT2D eigenvalue weighted by molar-refractivity contribution is -0.115. The second-order valence-corrected chi connectivity index (χ2v) is 4.77.